The Morgan fingerprint density at radius 3 is 2.61 bits per heavy atom. The predicted molar refractivity (Wildman–Crippen MR) is 84.7 cm³/mol. The highest BCUT2D eigenvalue weighted by Gasteiger charge is 2.22. The lowest BCUT2D eigenvalue weighted by molar-refractivity contribution is -0.892. The van der Waals surface area contributed by atoms with Gasteiger partial charge >= 0.3 is 0 Å². The lowest BCUT2D eigenvalue weighted by Crippen LogP contribution is -3.15. The molecule has 0 atom stereocenters. The molecule has 1 saturated heterocycles. The summed E-state index contributed by atoms with van der Waals surface area (Å²) in [6.07, 6.45) is 1.60. The Morgan fingerprint density at radius 2 is 1.96 bits per heavy atom. The summed E-state index contributed by atoms with van der Waals surface area (Å²) in [5.74, 6) is 0.576. The van der Waals surface area contributed by atoms with Gasteiger partial charge in [0, 0.05) is 5.69 Å². The van der Waals surface area contributed by atoms with Crippen LogP contribution in [0.2, 0.25) is 0 Å². The average molecular weight is 318 g/mol. The number of piperazine rings is 1. The molecule has 3 rings (SSSR count). The largest absolute Gasteiger partial charge is 0.467 e. The third-order valence-electron chi connectivity index (χ3n) is 4.11. The second-order valence-electron chi connectivity index (χ2n) is 5.75. The number of benzene rings is 1. The monoisotopic (exact) mass is 318 g/mol. The van der Waals surface area contributed by atoms with E-state index < -0.39 is 0 Å². The molecule has 1 aromatic heterocycles. The molecule has 1 aliphatic rings. The number of amides is 1. The number of nitrogens with zero attached hydrogens (tertiary/aromatic N) is 1. The summed E-state index contributed by atoms with van der Waals surface area (Å²) in [6.45, 7) is 4.43. The number of carbonyl (C=O) groups is 1. The molecule has 2 N–H and O–H groups in total. The predicted octanol–water partition coefficient (Wildman–Crippen LogP) is 0.440. The van der Waals surface area contributed by atoms with Crippen molar-refractivity contribution in [3.63, 3.8) is 0 Å². The zero-order valence-corrected chi connectivity index (χ0v) is 12.9. The Balaban J connectivity index is 1.42. The quantitative estimate of drug-likeness (QED) is 0.841. The normalized spacial score (nSPS) is 15.6. The van der Waals surface area contributed by atoms with E-state index in [1.807, 2.05) is 6.07 Å². The summed E-state index contributed by atoms with van der Waals surface area (Å²) in [4.78, 5) is 15.5. The average Bonchev–Trinajstić information content (AvgIpc) is 3.08. The van der Waals surface area contributed by atoms with E-state index in [9.17, 15) is 9.18 Å². The Labute approximate surface area is 134 Å². The van der Waals surface area contributed by atoms with Crippen LogP contribution < -0.4 is 15.1 Å². The summed E-state index contributed by atoms with van der Waals surface area (Å²) >= 11 is 0. The van der Waals surface area contributed by atoms with Gasteiger partial charge in [0.2, 0.25) is 0 Å². The molecular weight excluding hydrogens is 297 g/mol. The summed E-state index contributed by atoms with van der Waals surface area (Å²) in [7, 11) is 0. The molecule has 0 aliphatic carbocycles. The van der Waals surface area contributed by atoms with Crippen LogP contribution in [0.1, 0.15) is 5.76 Å². The van der Waals surface area contributed by atoms with Crippen LogP contribution >= 0.6 is 0 Å². The molecule has 1 fully saturated rings. The number of anilines is 1. The minimum Gasteiger partial charge on any atom is -0.467 e. The second kappa shape index (κ2) is 7.28. The minimum atomic E-state index is -0.216. The van der Waals surface area contributed by atoms with E-state index in [1.165, 1.54) is 17.0 Å². The van der Waals surface area contributed by atoms with E-state index in [0.29, 0.717) is 13.1 Å². The second-order valence-corrected chi connectivity index (χ2v) is 5.75. The van der Waals surface area contributed by atoms with Gasteiger partial charge in [0.25, 0.3) is 5.91 Å². The van der Waals surface area contributed by atoms with Gasteiger partial charge in [-0.2, -0.15) is 0 Å². The molecule has 5 nitrogen and oxygen atoms in total. The van der Waals surface area contributed by atoms with Crippen molar-refractivity contribution in [2.45, 2.75) is 6.54 Å². The highest BCUT2D eigenvalue weighted by molar-refractivity contribution is 5.76. The molecule has 0 unspecified atom stereocenters. The van der Waals surface area contributed by atoms with Gasteiger partial charge in [-0.3, -0.25) is 4.79 Å². The van der Waals surface area contributed by atoms with Crippen molar-refractivity contribution in [1.29, 1.82) is 0 Å². The molecule has 122 valence electrons. The summed E-state index contributed by atoms with van der Waals surface area (Å²) in [6, 6.07) is 10.2. The van der Waals surface area contributed by atoms with Crippen LogP contribution in [0.3, 0.4) is 0 Å². The van der Waals surface area contributed by atoms with Gasteiger partial charge in [-0.25, -0.2) is 4.39 Å². The molecule has 23 heavy (non-hydrogen) atoms. The molecule has 6 heteroatoms. The Hall–Kier alpha value is -2.34. The van der Waals surface area contributed by atoms with Crippen molar-refractivity contribution in [3.8, 4) is 0 Å². The van der Waals surface area contributed by atoms with E-state index in [2.05, 4.69) is 10.2 Å². The lowest BCUT2D eigenvalue weighted by atomic mass is 10.2. The number of furan rings is 1. The fourth-order valence-electron chi connectivity index (χ4n) is 2.80. The zero-order chi connectivity index (χ0) is 16.1. The van der Waals surface area contributed by atoms with Gasteiger partial charge < -0.3 is 19.5 Å². The number of hydrogen-bond acceptors (Lipinski definition) is 3. The number of halogens is 1. The first kappa shape index (κ1) is 15.6. The van der Waals surface area contributed by atoms with Gasteiger partial charge in [0.15, 0.2) is 6.54 Å². The number of rotatable bonds is 5. The fourth-order valence-corrected chi connectivity index (χ4v) is 2.80. The third-order valence-corrected chi connectivity index (χ3v) is 4.11. The smallest absolute Gasteiger partial charge is 0.275 e. The number of hydrogen-bond donors (Lipinski definition) is 2. The van der Waals surface area contributed by atoms with Gasteiger partial charge in [0.05, 0.1) is 39.0 Å². The van der Waals surface area contributed by atoms with E-state index in [1.54, 1.807) is 24.5 Å². The van der Waals surface area contributed by atoms with Gasteiger partial charge in [-0.15, -0.1) is 0 Å². The van der Waals surface area contributed by atoms with Crippen molar-refractivity contribution in [2.75, 3.05) is 37.6 Å². The first-order chi connectivity index (χ1) is 11.2. The van der Waals surface area contributed by atoms with Gasteiger partial charge in [-0.1, -0.05) is 0 Å². The zero-order valence-electron chi connectivity index (χ0n) is 12.9. The van der Waals surface area contributed by atoms with Crippen molar-refractivity contribution in [3.05, 3.63) is 54.2 Å². The Morgan fingerprint density at radius 1 is 1.22 bits per heavy atom. The molecule has 0 radical (unpaired) electrons. The van der Waals surface area contributed by atoms with E-state index in [4.69, 9.17) is 4.42 Å². The minimum absolute atomic E-state index is 0.0339. The van der Waals surface area contributed by atoms with E-state index in [0.717, 1.165) is 37.6 Å². The maximum absolute atomic E-state index is 13.0. The molecule has 0 spiro atoms. The SMILES string of the molecule is O=C(C[NH+]1CCN(c2ccc(F)cc2)CC1)NCc1ccco1. The van der Waals surface area contributed by atoms with Crippen molar-refractivity contribution in [1.82, 2.24) is 5.32 Å². The fraction of sp³-hybridized carbons (Fsp3) is 0.353. The molecule has 0 saturated carbocycles. The van der Waals surface area contributed by atoms with Gasteiger partial charge in [0.1, 0.15) is 11.6 Å². The number of quaternary nitrogens is 1. The topological polar surface area (TPSA) is 49.9 Å². The van der Waals surface area contributed by atoms with Crippen molar-refractivity contribution in [2.24, 2.45) is 0 Å². The molecule has 1 aliphatic heterocycles. The summed E-state index contributed by atoms with van der Waals surface area (Å²) in [5.41, 5.74) is 1.03. The first-order valence-corrected chi connectivity index (χ1v) is 7.84. The van der Waals surface area contributed by atoms with E-state index in [-0.39, 0.29) is 11.7 Å². The summed E-state index contributed by atoms with van der Waals surface area (Å²) in [5, 5.41) is 2.87. The Kier molecular flexibility index (Phi) is 4.92. The molecule has 0 bridgehead atoms. The van der Waals surface area contributed by atoms with Crippen LogP contribution in [0.15, 0.2) is 47.1 Å². The highest BCUT2D eigenvalue weighted by atomic mass is 19.1. The van der Waals surface area contributed by atoms with Crippen LogP contribution in [0, 0.1) is 5.82 Å². The lowest BCUT2D eigenvalue weighted by Gasteiger charge is -2.33. The standard InChI is InChI=1S/C17H20FN3O2/c18-14-3-5-15(6-4-14)21-9-7-20(8-10-21)13-17(22)19-12-16-2-1-11-23-16/h1-6,11H,7-10,12-13H2,(H,19,22)/p+1. The van der Waals surface area contributed by atoms with Crippen LogP contribution in [0.4, 0.5) is 10.1 Å². The van der Waals surface area contributed by atoms with Crippen molar-refractivity contribution < 1.29 is 18.5 Å². The Bertz CT molecular complexity index is 620. The van der Waals surface area contributed by atoms with Crippen LogP contribution in [-0.2, 0) is 11.3 Å². The number of carbonyl (C=O) groups excluding carboxylic acids is 1. The molecule has 1 aromatic carbocycles. The van der Waals surface area contributed by atoms with Crippen LogP contribution in [0.5, 0.6) is 0 Å². The molecule has 2 aromatic rings. The first-order valence-electron chi connectivity index (χ1n) is 7.84. The highest BCUT2D eigenvalue weighted by Crippen LogP contribution is 2.14. The van der Waals surface area contributed by atoms with Crippen molar-refractivity contribution >= 4 is 11.6 Å². The molecule has 2 heterocycles. The van der Waals surface area contributed by atoms with Crippen LogP contribution in [-0.4, -0.2) is 38.6 Å². The van der Waals surface area contributed by atoms with Gasteiger partial charge in [-0.05, 0) is 36.4 Å². The maximum atomic E-state index is 13.0. The maximum Gasteiger partial charge on any atom is 0.275 e. The third kappa shape index (κ3) is 4.32. The summed E-state index contributed by atoms with van der Waals surface area (Å²) < 4.78 is 18.2. The van der Waals surface area contributed by atoms with Crippen LogP contribution in [0.25, 0.3) is 0 Å². The number of nitrogens with one attached hydrogen (secondary N) is 2. The molecular formula is C17H21FN3O2+. The van der Waals surface area contributed by atoms with E-state index >= 15 is 0 Å². The molecule has 1 amide bonds.